The smallest absolute Gasteiger partial charge is 0.153 e. The number of aldehydes is 3. The molecule has 1 saturated heterocycles. The minimum atomic E-state index is -0.682. The maximum Gasteiger partial charge on any atom is 0.153 e. The molecule has 2 aromatic carbocycles. The topological polar surface area (TPSA) is 60.4 Å². The Morgan fingerprint density at radius 2 is 1.21 bits per heavy atom. The summed E-state index contributed by atoms with van der Waals surface area (Å²) in [5.74, 6) is -2.25. The van der Waals surface area contributed by atoms with Crippen molar-refractivity contribution in [3.8, 4) is 0 Å². The fourth-order valence-electron chi connectivity index (χ4n) is 2.19. The Balaban J connectivity index is 0.000000458. The largest absolute Gasteiger partial charge is 0.381 e. The molecule has 0 atom stereocenters. The van der Waals surface area contributed by atoms with Gasteiger partial charge >= 0.3 is 0 Å². The van der Waals surface area contributed by atoms with Gasteiger partial charge in [0.05, 0.1) is 5.56 Å². The predicted octanol–water partition coefficient (Wildman–Crippen LogP) is 5.74. The first-order chi connectivity index (χ1) is 15.7. The number of benzene rings is 2. The van der Waals surface area contributed by atoms with Crippen molar-refractivity contribution in [1.82, 2.24) is 0 Å². The fourth-order valence-corrected chi connectivity index (χ4v) is 2.19. The first-order valence-corrected chi connectivity index (χ1v) is 9.84. The van der Waals surface area contributed by atoms with E-state index in [1.165, 1.54) is 38.8 Å². The van der Waals surface area contributed by atoms with Gasteiger partial charge < -0.3 is 4.74 Å². The van der Waals surface area contributed by atoms with Crippen LogP contribution in [0.3, 0.4) is 0 Å². The van der Waals surface area contributed by atoms with E-state index in [0.717, 1.165) is 43.6 Å². The third-order valence-corrected chi connectivity index (χ3v) is 3.96. The number of allylic oxidation sites excluding steroid dienone is 2. The van der Waals surface area contributed by atoms with Crippen molar-refractivity contribution >= 4 is 24.9 Å². The van der Waals surface area contributed by atoms with Crippen LogP contribution < -0.4 is 0 Å². The van der Waals surface area contributed by atoms with Crippen LogP contribution in [0.2, 0.25) is 0 Å². The lowest BCUT2D eigenvalue weighted by atomic mass is 10.1. The summed E-state index contributed by atoms with van der Waals surface area (Å²) in [5.41, 5.74) is 0.289. The van der Waals surface area contributed by atoms with Crippen molar-refractivity contribution in [2.45, 2.75) is 26.7 Å². The highest BCUT2D eigenvalue weighted by atomic mass is 19.1. The lowest BCUT2D eigenvalue weighted by Crippen LogP contribution is -1.92. The highest BCUT2D eigenvalue weighted by Gasteiger charge is 2.05. The first kappa shape index (κ1) is 29.6. The highest BCUT2D eigenvalue weighted by molar-refractivity contribution is 5.75. The lowest BCUT2D eigenvalue weighted by molar-refractivity contribution is -0.104. The second-order valence-electron chi connectivity index (χ2n) is 6.55. The molecule has 4 nitrogen and oxygen atoms in total. The summed E-state index contributed by atoms with van der Waals surface area (Å²) in [4.78, 5) is 29.1. The van der Waals surface area contributed by atoms with Crippen LogP contribution in [-0.2, 0) is 14.3 Å². The molecule has 1 heterocycles. The average Bonchev–Trinajstić information content (AvgIpc) is 3.39. The lowest BCUT2D eigenvalue weighted by Gasteiger charge is -1.99. The van der Waals surface area contributed by atoms with Crippen LogP contribution in [0, 0.1) is 37.1 Å². The van der Waals surface area contributed by atoms with Crippen LogP contribution in [0.5, 0.6) is 0 Å². The monoisotopic (exact) mass is 466 g/mol. The molecule has 1 aliphatic heterocycles. The van der Waals surface area contributed by atoms with Crippen LogP contribution in [-0.4, -0.2) is 32.1 Å². The van der Waals surface area contributed by atoms with E-state index in [1.54, 1.807) is 0 Å². The van der Waals surface area contributed by atoms with Crippen LogP contribution in [0.25, 0.3) is 6.08 Å². The van der Waals surface area contributed by atoms with Gasteiger partial charge in [0.1, 0.15) is 35.8 Å². The Labute approximate surface area is 190 Å². The minimum absolute atomic E-state index is 0.0789. The molecular formula is C25H26F4O4. The van der Waals surface area contributed by atoms with E-state index in [-0.39, 0.29) is 28.5 Å². The molecule has 3 rings (SSSR count). The molecular weight excluding hydrogens is 440 g/mol. The SMILES string of the molecule is C1CCOC1.C=CC=O.Cc1cc(F)c(/C=C/C=O)cc1F.Cc1cc(F)c(C=O)cc1F. The zero-order valence-corrected chi connectivity index (χ0v) is 18.5. The zero-order chi connectivity index (χ0) is 25.2. The van der Waals surface area contributed by atoms with Gasteiger partial charge in [-0.2, -0.15) is 0 Å². The van der Waals surface area contributed by atoms with Crippen LogP contribution in [0.15, 0.2) is 43.0 Å². The Morgan fingerprint density at radius 1 is 0.758 bits per heavy atom. The molecule has 33 heavy (non-hydrogen) atoms. The van der Waals surface area contributed by atoms with E-state index >= 15 is 0 Å². The van der Waals surface area contributed by atoms with Crippen molar-refractivity contribution in [1.29, 1.82) is 0 Å². The van der Waals surface area contributed by atoms with Gasteiger partial charge in [-0.1, -0.05) is 6.58 Å². The van der Waals surface area contributed by atoms with Crippen molar-refractivity contribution in [2.75, 3.05) is 13.2 Å². The molecule has 0 aromatic heterocycles. The van der Waals surface area contributed by atoms with E-state index in [0.29, 0.717) is 12.6 Å². The van der Waals surface area contributed by atoms with Gasteiger partial charge in [-0.3, -0.25) is 14.4 Å². The molecule has 1 fully saturated rings. The molecule has 0 aliphatic carbocycles. The van der Waals surface area contributed by atoms with Crippen LogP contribution in [0.1, 0.15) is 39.9 Å². The van der Waals surface area contributed by atoms with Gasteiger partial charge in [0, 0.05) is 18.8 Å². The van der Waals surface area contributed by atoms with Gasteiger partial charge in [-0.25, -0.2) is 17.6 Å². The van der Waals surface area contributed by atoms with Gasteiger partial charge in [0.25, 0.3) is 0 Å². The maximum absolute atomic E-state index is 13.0. The summed E-state index contributed by atoms with van der Waals surface area (Å²) in [6, 6.07) is 4.04. The average molecular weight is 466 g/mol. The molecule has 0 amide bonds. The summed E-state index contributed by atoms with van der Waals surface area (Å²) in [6.07, 6.45) is 7.53. The zero-order valence-electron chi connectivity index (χ0n) is 18.5. The Kier molecular flexibility index (Phi) is 15.4. The van der Waals surface area contributed by atoms with E-state index < -0.39 is 23.3 Å². The molecule has 0 spiro atoms. The first-order valence-electron chi connectivity index (χ1n) is 9.84. The Morgan fingerprint density at radius 3 is 1.58 bits per heavy atom. The molecule has 2 aromatic rings. The number of hydrogen-bond acceptors (Lipinski definition) is 4. The van der Waals surface area contributed by atoms with Crippen molar-refractivity contribution in [3.63, 3.8) is 0 Å². The summed E-state index contributed by atoms with van der Waals surface area (Å²) in [5, 5.41) is 0. The number of ether oxygens (including phenoxy) is 1. The van der Waals surface area contributed by atoms with E-state index in [1.807, 2.05) is 0 Å². The minimum Gasteiger partial charge on any atom is -0.381 e. The van der Waals surface area contributed by atoms with Crippen LogP contribution in [0.4, 0.5) is 17.6 Å². The second kappa shape index (κ2) is 17.2. The highest BCUT2D eigenvalue weighted by Crippen LogP contribution is 2.15. The number of rotatable bonds is 4. The van der Waals surface area contributed by atoms with Gasteiger partial charge in [0.15, 0.2) is 6.29 Å². The van der Waals surface area contributed by atoms with Gasteiger partial charge in [-0.05, 0) is 80.3 Å². The van der Waals surface area contributed by atoms with Gasteiger partial charge in [0.2, 0.25) is 0 Å². The Hall–Kier alpha value is -3.39. The van der Waals surface area contributed by atoms with E-state index in [2.05, 4.69) is 6.58 Å². The molecule has 0 N–H and O–H groups in total. The predicted molar refractivity (Wildman–Crippen MR) is 119 cm³/mol. The normalized spacial score (nSPS) is 11.7. The number of carbonyl (C=O) groups excluding carboxylic acids is 3. The second-order valence-corrected chi connectivity index (χ2v) is 6.55. The maximum atomic E-state index is 13.0. The molecule has 1 aliphatic rings. The standard InChI is InChI=1S/C10H8F2O.C8H6F2O.C4H8O.C3H4O/c1-7-5-10(12)8(3-2-4-13)6-9(7)11;1-5-2-8(10)6(4-11)3-7(5)9;1-2-4-5-3-1;1-2-3-4/h2-6H,1H3;2-4H,1H3;1-4H2;2-3H,1H2/b3-2+;;;. The quantitative estimate of drug-likeness (QED) is 0.328. The van der Waals surface area contributed by atoms with E-state index in [9.17, 15) is 27.2 Å². The summed E-state index contributed by atoms with van der Waals surface area (Å²) in [6.45, 7) is 8.03. The number of aryl methyl sites for hydroxylation is 2. The van der Waals surface area contributed by atoms with Crippen molar-refractivity contribution in [3.05, 3.63) is 88.5 Å². The summed E-state index contributed by atoms with van der Waals surface area (Å²) < 4.78 is 56.1. The number of carbonyl (C=O) groups is 3. The third kappa shape index (κ3) is 12.3. The molecule has 0 bridgehead atoms. The van der Waals surface area contributed by atoms with Crippen molar-refractivity contribution < 1.29 is 36.7 Å². The van der Waals surface area contributed by atoms with E-state index in [4.69, 9.17) is 9.53 Å². The van der Waals surface area contributed by atoms with Crippen LogP contribution >= 0.6 is 0 Å². The molecule has 0 unspecified atom stereocenters. The van der Waals surface area contributed by atoms with Crippen molar-refractivity contribution in [2.24, 2.45) is 0 Å². The number of hydrogen-bond donors (Lipinski definition) is 0. The number of halogens is 4. The molecule has 0 saturated carbocycles. The summed E-state index contributed by atoms with van der Waals surface area (Å²) >= 11 is 0. The van der Waals surface area contributed by atoms with Gasteiger partial charge in [-0.15, -0.1) is 0 Å². The fraction of sp³-hybridized carbons (Fsp3) is 0.240. The molecule has 8 heteroatoms. The molecule has 178 valence electrons. The third-order valence-electron chi connectivity index (χ3n) is 3.96. The summed E-state index contributed by atoms with van der Waals surface area (Å²) in [7, 11) is 0. The Bertz CT molecular complexity index is 938. The molecule has 0 radical (unpaired) electrons.